The second kappa shape index (κ2) is 9.00. The van der Waals surface area contributed by atoms with Gasteiger partial charge in [0.05, 0.1) is 11.9 Å². The van der Waals surface area contributed by atoms with E-state index in [1.165, 1.54) is 0 Å². The zero-order valence-electron chi connectivity index (χ0n) is 17.0. The van der Waals surface area contributed by atoms with Crippen LogP contribution in [0.2, 0.25) is 0 Å². The third-order valence-electron chi connectivity index (χ3n) is 4.81. The van der Waals surface area contributed by atoms with Gasteiger partial charge in [0.25, 0.3) is 0 Å². The lowest BCUT2D eigenvalue weighted by molar-refractivity contribution is -0.119. The molecule has 3 heterocycles. The molecule has 30 heavy (non-hydrogen) atoms. The van der Waals surface area contributed by atoms with Crippen molar-refractivity contribution in [2.75, 3.05) is 24.5 Å². The van der Waals surface area contributed by atoms with Gasteiger partial charge in [0.1, 0.15) is 10.6 Å². The van der Waals surface area contributed by atoms with Crippen molar-refractivity contribution in [1.29, 1.82) is 0 Å². The molecule has 1 N–H and O–H groups in total. The minimum Gasteiger partial charge on any atom is -0.355 e. The van der Waals surface area contributed by atoms with Crippen molar-refractivity contribution in [3.05, 3.63) is 60.2 Å². The van der Waals surface area contributed by atoms with E-state index in [1.807, 2.05) is 49.1 Å². The molecule has 0 aliphatic carbocycles. The van der Waals surface area contributed by atoms with Crippen molar-refractivity contribution in [3.63, 3.8) is 0 Å². The van der Waals surface area contributed by atoms with Crippen LogP contribution < -0.4 is 10.2 Å². The number of anilines is 1. The van der Waals surface area contributed by atoms with E-state index in [4.69, 9.17) is 9.97 Å². The van der Waals surface area contributed by atoms with E-state index < -0.39 is 0 Å². The van der Waals surface area contributed by atoms with Crippen molar-refractivity contribution in [1.82, 2.24) is 20.3 Å². The molecule has 0 unspecified atom stereocenters. The van der Waals surface area contributed by atoms with Gasteiger partial charge in [0.2, 0.25) is 5.91 Å². The SMILES string of the molecule is CCNC(=O)CN(CC)c1nc(-c2cccnc2)nc2scc(-c3ccccc3)c12. The molecule has 0 atom stereocenters. The van der Waals surface area contributed by atoms with Gasteiger partial charge in [0, 0.05) is 42.0 Å². The number of aromatic nitrogens is 3. The Balaban J connectivity index is 1.91. The van der Waals surface area contributed by atoms with Crippen molar-refractivity contribution in [2.45, 2.75) is 13.8 Å². The lowest BCUT2D eigenvalue weighted by Gasteiger charge is -2.23. The van der Waals surface area contributed by atoms with Gasteiger partial charge in [-0.25, -0.2) is 9.97 Å². The average molecular weight is 418 g/mol. The van der Waals surface area contributed by atoms with Crippen molar-refractivity contribution < 1.29 is 4.79 Å². The molecule has 0 bridgehead atoms. The summed E-state index contributed by atoms with van der Waals surface area (Å²) in [6, 6.07) is 14.0. The summed E-state index contributed by atoms with van der Waals surface area (Å²) in [5.74, 6) is 1.36. The summed E-state index contributed by atoms with van der Waals surface area (Å²) in [5, 5.41) is 5.98. The molecule has 1 amide bonds. The Morgan fingerprint density at radius 3 is 2.57 bits per heavy atom. The first-order valence-corrected chi connectivity index (χ1v) is 10.9. The Morgan fingerprint density at radius 2 is 1.87 bits per heavy atom. The van der Waals surface area contributed by atoms with E-state index >= 15 is 0 Å². The maximum Gasteiger partial charge on any atom is 0.239 e. The van der Waals surface area contributed by atoms with E-state index in [0.717, 1.165) is 32.7 Å². The summed E-state index contributed by atoms with van der Waals surface area (Å²) in [5.41, 5.74) is 3.04. The molecular weight excluding hydrogens is 394 g/mol. The van der Waals surface area contributed by atoms with Crippen LogP contribution in [0, 0.1) is 0 Å². The van der Waals surface area contributed by atoms with Crippen LogP contribution in [0.1, 0.15) is 13.8 Å². The highest BCUT2D eigenvalue weighted by molar-refractivity contribution is 7.17. The summed E-state index contributed by atoms with van der Waals surface area (Å²) in [7, 11) is 0. The van der Waals surface area contributed by atoms with Crippen LogP contribution >= 0.6 is 11.3 Å². The summed E-state index contributed by atoms with van der Waals surface area (Å²) in [6.07, 6.45) is 3.49. The van der Waals surface area contributed by atoms with Crippen LogP contribution in [0.4, 0.5) is 5.82 Å². The van der Waals surface area contributed by atoms with Crippen molar-refractivity contribution >= 4 is 33.3 Å². The van der Waals surface area contributed by atoms with Gasteiger partial charge in [-0.1, -0.05) is 30.3 Å². The van der Waals surface area contributed by atoms with Gasteiger partial charge < -0.3 is 10.2 Å². The Morgan fingerprint density at radius 1 is 1.07 bits per heavy atom. The van der Waals surface area contributed by atoms with E-state index in [0.29, 0.717) is 18.9 Å². The number of rotatable bonds is 7. The first-order valence-electron chi connectivity index (χ1n) is 9.98. The van der Waals surface area contributed by atoms with Gasteiger partial charge in [-0.2, -0.15) is 0 Å². The molecule has 0 spiro atoms. The maximum absolute atomic E-state index is 12.4. The number of fused-ring (bicyclic) bond motifs is 1. The average Bonchev–Trinajstić information content (AvgIpc) is 3.22. The second-order valence-electron chi connectivity index (χ2n) is 6.78. The predicted molar refractivity (Wildman–Crippen MR) is 123 cm³/mol. The number of benzene rings is 1. The molecule has 7 heteroatoms. The van der Waals surface area contributed by atoms with E-state index in [1.54, 1.807) is 23.7 Å². The van der Waals surface area contributed by atoms with Crippen molar-refractivity contribution in [3.8, 4) is 22.5 Å². The number of nitrogens with one attached hydrogen (secondary N) is 1. The number of nitrogens with zero attached hydrogens (tertiary/aromatic N) is 4. The molecule has 6 nitrogen and oxygen atoms in total. The summed E-state index contributed by atoms with van der Waals surface area (Å²) in [4.78, 5) is 29.2. The Hall–Kier alpha value is -3.32. The highest BCUT2D eigenvalue weighted by Gasteiger charge is 2.21. The summed E-state index contributed by atoms with van der Waals surface area (Å²) in [6.45, 7) is 5.45. The second-order valence-corrected chi connectivity index (χ2v) is 7.63. The molecule has 0 aliphatic heterocycles. The number of hydrogen-bond donors (Lipinski definition) is 1. The monoisotopic (exact) mass is 417 g/mol. The van der Waals surface area contributed by atoms with Crippen molar-refractivity contribution in [2.24, 2.45) is 0 Å². The smallest absolute Gasteiger partial charge is 0.239 e. The first-order chi connectivity index (χ1) is 14.7. The van der Waals surface area contributed by atoms with Crippen LogP contribution in [-0.2, 0) is 4.79 Å². The highest BCUT2D eigenvalue weighted by atomic mass is 32.1. The lowest BCUT2D eigenvalue weighted by atomic mass is 10.1. The molecule has 0 saturated carbocycles. The van der Waals surface area contributed by atoms with E-state index in [-0.39, 0.29) is 12.5 Å². The number of thiophene rings is 1. The van der Waals surface area contributed by atoms with Gasteiger partial charge >= 0.3 is 0 Å². The molecule has 3 aromatic heterocycles. The van der Waals surface area contributed by atoms with Gasteiger partial charge in [-0.15, -0.1) is 11.3 Å². The molecule has 1 aromatic carbocycles. The van der Waals surface area contributed by atoms with Crippen LogP contribution in [0.15, 0.2) is 60.2 Å². The minimum absolute atomic E-state index is 0.0227. The van der Waals surface area contributed by atoms with E-state index in [9.17, 15) is 4.79 Å². The number of carbonyl (C=O) groups is 1. The fraction of sp³-hybridized carbons (Fsp3) is 0.217. The van der Waals surface area contributed by atoms with Gasteiger partial charge in [-0.3, -0.25) is 9.78 Å². The third-order valence-corrected chi connectivity index (χ3v) is 5.68. The summed E-state index contributed by atoms with van der Waals surface area (Å²) >= 11 is 1.59. The molecule has 0 fully saturated rings. The molecule has 0 aliphatic rings. The third kappa shape index (κ3) is 4.02. The number of pyridine rings is 1. The quantitative estimate of drug-likeness (QED) is 0.483. The molecule has 0 radical (unpaired) electrons. The fourth-order valence-corrected chi connectivity index (χ4v) is 4.31. The normalized spacial score (nSPS) is 10.9. The van der Waals surface area contributed by atoms with Gasteiger partial charge in [-0.05, 0) is 31.5 Å². The number of amides is 1. The zero-order chi connectivity index (χ0) is 20.9. The largest absolute Gasteiger partial charge is 0.355 e. The Bertz CT molecular complexity index is 1140. The molecule has 0 saturated heterocycles. The topological polar surface area (TPSA) is 71.0 Å². The Labute approximate surface area is 179 Å². The Kier molecular flexibility index (Phi) is 5.99. The van der Waals surface area contributed by atoms with Crippen LogP contribution in [0.5, 0.6) is 0 Å². The first kappa shape index (κ1) is 20.0. The fourth-order valence-electron chi connectivity index (χ4n) is 3.37. The number of likely N-dealkylation sites (N-methyl/N-ethyl adjacent to an activating group) is 2. The van der Waals surface area contributed by atoms with Crippen LogP contribution in [0.3, 0.4) is 0 Å². The molecular formula is C23H23N5OS. The standard InChI is InChI=1S/C23H23N5OS/c1-3-25-19(29)14-28(4-2)22-20-18(16-9-6-5-7-10-16)15-30-23(20)27-21(26-22)17-11-8-12-24-13-17/h5-13,15H,3-4,14H2,1-2H3,(H,25,29). The predicted octanol–water partition coefficient (Wildman–Crippen LogP) is 4.38. The van der Waals surface area contributed by atoms with E-state index in [2.05, 4.69) is 27.8 Å². The lowest BCUT2D eigenvalue weighted by Crippen LogP contribution is -2.37. The van der Waals surface area contributed by atoms with Gasteiger partial charge in [0.15, 0.2) is 5.82 Å². The highest BCUT2D eigenvalue weighted by Crippen LogP contribution is 2.39. The zero-order valence-corrected chi connectivity index (χ0v) is 17.8. The minimum atomic E-state index is -0.0227. The molecule has 4 rings (SSSR count). The number of hydrogen-bond acceptors (Lipinski definition) is 6. The number of carbonyl (C=O) groups excluding carboxylic acids is 1. The molecule has 152 valence electrons. The summed E-state index contributed by atoms with van der Waals surface area (Å²) < 4.78 is 0. The maximum atomic E-state index is 12.4. The van der Waals surface area contributed by atoms with Crippen LogP contribution in [0.25, 0.3) is 32.7 Å². The molecule has 4 aromatic rings. The van der Waals surface area contributed by atoms with Crippen LogP contribution in [-0.4, -0.2) is 40.5 Å².